The lowest BCUT2D eigenvalue weighted by atomic mass is 9.56. The number of phenols is 2. The number of nitrogens with zero attached hydrogens (tertiary/aromatic N) is 3. The second-order valence-electron chi connectivity index (χ2n) is 15.5. The normalized spacial score (nSPS) is 30.3. The molecule has 2 fully saturated rings. The number of hydrogen-bond acceptors (Lipinski definition) is 13. The molecular weight excluding hydrogens is 736 g/mol. The van der Waals surface area contributed by atoms with E-state index in [1.165, 1.54) is 35.3 Å². The first-order valence-corrected chi connectivity index (χ1v) is 19.3. The van der Waals surface area contributed by atoms with E-state index in [0.29, 0.717) is 48.5 Å². The van der Waals surface area contributed by atoms with Crippen molar-refractivity contribution in [3.63, 3.8) is 0 Å². The van der Waals surface area contributed by atoms with E-state index in [-0.39, 0.29) is 23.1 Å². The van der Waals surface area contributed by atoms with Gasteiger partial charge in [-0.15, -0.1) is 0 Å². The van der Waals surface area contributed by atoms with Gasteiger partial charge >= 0.3 is 5.97 Å². The zero-order valence-electron chi connectivity index (χ0n) is 31.0. The molecule has 57 heavy (non-hydrogen) atoms. The Balaban J connectivity index is 1.19. The number of aliphatic imine (C=N–C) groups is 2. The quantitative estimate of drug-likeness (QED) is 0.139. The van der Waals surface area contributed by atoms with Crippen LogP contribution in [-0.4, -0.2) is 116 Å². The van der Waals surface area contributed by atoms with Crippen molar-refractivity contribution >= 4 is 41.3 Å². The van der Waals surface area contributed by atoms with Crippen LogP contribution < -0.4 is 15.0 Å². The Labute approximate surface area is 328 Å². The number of benzene rings is 3. The Morgan fingerprint density at radius 1 is 1.02 bits per heavy atom. The van der Waals surface area contributed by atoms with Crippen molar-refractivity contribution in [2.45, 2.75) is 86.6 Å². The fourth-order valence-electron chi connectivity index (χ4n) is 9.48. The molecule has 15 heteroatoms. The molecule has 4 heterocycles. The van der Waals surface area contributed by atoms with E-state index in [9.17, 15) is 45.3 Å². The number of fused-ring (bicyclic) bond motifs is 4. The minimum atomic E-state index is -1.79. The van der Waals surface area contributed by atoms with E-state index in [1.54, 1.807) is 18.3 Å². The van der Waals surface area contributed by atoms with Crippen molar-refractivity contribution in [3.05, 3.63) is 82.9 Å². The number of carboxylic acids is 1. The molecule has 8 N–H and O–H groups in total. The highest BCUT2D eigenvalue weighted by Crippen LogP contribution is 2.57. The number of carboxylic acid groups (broad SMARTS) is 1. The molecule has 5 aliphatic rings. The van der Waals surface area contributed by atoms with Gasteiger partial charge in [0, 0.05) is 53.9 Å². The molecule has 3 aromatic rings. The highest BCUT2D eigenvalue weighted by Gasteiger charge is 2.54. The van der Waals surface area contributed by atoms with Gasteiger partial charge in [-0.25, -0.2) is 4.79 Å². The third-order valence-corrected chi connectivity index (χ3v) is 12.3. The Kier molecular flexibility index (Phi) is 10.5. The smallest absolute Gasteiger partial charge is 0.327 e. The van der Waals surface area contributed by atoms with Crippen LogP contribution in [-0.2, 0) is 26.2 Å². The molecule has 300 valence electrons. The molecule has 0 spiro atoms. The van der Waals surface area contributed by atoms with Gasteiger partial charge in [-0.1, -0.05) is 37.1 Å². The maximum absolute atomic E-state index is 14.5. The van der Waals surface area contributed by atoms with Crippen LogP contribution >= 0.6 is 0 Å². The van der Waals surface area contributed by atoms with Crippen molar-refractivity contribution in [3.8, 4) is 17.2 Å². The van der Waals surface area contributed by atoms with Gasteiger partial charge in [0.15, 0.2) is 11.5 Å². The summed E-state index contributed by atoms with van der Waals surface area (Å²) in [7, 11) is 0. The van der Waals surface area contributed by atoms with Crippen LogP contribution in [0.25, 0.3) is 6.08 Å². The van der Waals surface area contributed by atoms with Gasteiger partial charge in [0.1, 0.15) is 42.9 Å². The predicted octanol–water partition coefficient (Wildman–Crippen LogP) is 2.84. The molecule has 0 aromatic heterocycles. The number of nitrogens with one attached hydrogen (secondary N) is 1. The van der Waals surface area contributed by atoms with Crippen LogP contribution in [0.5, 0.6) is 17.2 Å². The third kappa shape index (κ3) is 7.03. The minimum absolute atomic E-state index is 0.0512. The maximum Gasteiger partial charge on any atom is 0.327 e. The Hall–Kier alpha value is -5.32. The predicted molar refractivity (Wildman–Crippen MR) is 209 cm³/mol. The highest BCUT2D eigenvalue weighted by molar-refractivity contribution is 6.32. The molecule has 9 atom stereocenters. The van der Waals surface area contributed by atoms with Gasteiger partial charge in [-0.05, 0) is 72.2 Å². The van der Waals surface area contributed by atoms with Crippen molar-refractivity contribution in [1.29, 1.82) is 0 Å². The molecule has 1 saturated carbocycles. The molecule has 3 aromatic carbocycles. The summed E-state index contributed by atoms with van der Waals surface area (Å²) in [4.78, 5) is 37.6. The number of carbonyl (C=O) groups excluding carboxylic acids is 1. The van der Waals surface area contributed by atoms with E-state index >= 15 is 0 Å². The first-order valence-electron chi connectivity index (χ1n) is 19.3. The van der Waals surface area contributed by atoms with E-state index in [4.69, 9.17) is 9.47 Å². The number of aliphatic hydroxyl groups is 4. The lowest BCUT2D eigenvalue weighted by Gasteiger charge is -2.50. The molecular formula is C42H46N4O11. The fraction of sp³-hybridized carbons (Fsp3) is 0.429. The summed E-state index contributed by atoms with van der Waals surface area (Å²) in [5.41, 5.74) is 4.08. The summed E-state index contributed by atoms with van der Waals surface area (Å²) >= 11 is 0. The van der Waals surface area contributed by atoms with E-state index in [1.807, 2.05) is 18.2 Å². The summed E-state index contributed by atoms with van der Waals surface area (Å²) < 4.78 is 11.4. The zero-order valence-corrected chi connectivity index (χ0v) is 31.0. The van der Waals surface area contributed by atoms with E-state index < -0.39 is 72.3 Å². The SMILES string of the molecule is O=C(O)[C@H]1[C@@H](C[C@]23CCCC[C@@H]2CNc2ccccc23)c2cc(O)c(O[C@H]3O[C@H](CO)[C@@H](O)[C@H](O)[C@H]3O)cc2N1C(=O)C=Cc1ccc(O)c(CC2=NCN=C2)c1. The number of para-hydroxylation sites is 1. The van der Waals surface area contributed by atoms with Crippen molar-refractivity contribution in [2.75, 3.05) is 30.0 Å². The first kappa shape index (κ1) is 38.5. The van der Waals surface area contributed by atoms with Crippen molar-refractivity contribution in [2.24, 2.45) is 15.9 Å². The molecule has 0 radical (unpaired) electrons. The van der Waals surface area contributed by atoms with Crippen LogP contribution in [0.4, 0.5) is 11.4 Å². The van der Waals surface area contributed by atoms with Gasteiger partial charge in [0.05, 0.1) is 18.0 Å². The van der Waals surface area contributed by atoms with Gasteiger partial charge in [-0.2, -0.15) is 0 Å². The number of rotatable bonds is 10. The lowest BCUT2D eigenvalue weighted by Crippen LogP contribution is -2.60. The number of carbonyl (C=O) groups is 2. The summed E-state index contributed by atoms with van der Waals surface area (Å²) in [6.07, 6.45) is 0.744. The Bertz CT molecular complexity index is 2140. The number of hydrogen-bond donors (Lipinski definition) is 8. The minimum Gasteiger partial charge on any atom is -0.508 e. The first-order chi connectivity index (χ1) is 27.5. The van der Waals surface area contributed by atoms with E-state index in [0.717, 1.165) is 36.9 Å². The van der Waals surface area contributed by atoms with Crippen LogP contribution in [0.3, 0.4) is 0 Å². The van der Waals surface area contributed by atoms with Crippen molar-refractivity contribution in [1.82, 2.24) is 0 Å². The zero-order chi connectivity index (χ0) is 40.0. The average Bonchev–Trinajstić information content (AvgIpc) is 3.84. The number of aliphatic hydroxyl groups excluding tert-OH is 4. The van der Waals surface area contributed by atoms with Crippen molar-refractivity contribution < 1.29 is 54.8 Å². The van der Waals surface area contributed by atoms with Crippen LogP contribution in [0.1, 0.15) is 60.3 Å². The molecule has 1 aliphatic carbocycles. The Morgan fingerprint density at radius 2 is 1.84 bits per heavy atom. The topological polar surface area (TPSA) is 234 Å². The summed E-state index contributed by atoms with van der Waals surface area (Å²) in [5, 5.41) is 77.7. The number of aromatic hydroxyl groups is 2. The standard InChI is InChI=1S/C42H46N4O11/c47-20-34-37(51)38(52)39(53)41(57-34)56-33-16-30-26(15-32(33)49)27(17-42-12-4-3-5-24(42)18-44-29-7-2-1-6-28(29)42)36(40(54)55)46(30)35(50)11-9-22-8-10-31(48)23(13-22)14-25-19-43-21-45-25/h1-2,6-11,13,15-16,19,24,27,34,36-39,41,44,47-49,51-53H,3-5,12,14,17-18,20-21H2,(H,54,55)/t24-,27+,34-,36-,37-,38+,39-,41+,42-/m1/s1. The lowest BCUT2D eigenvalue weighted by molar-refractivity contribution is -0.277. The molecule has 1 saturated heterocycles. The highest BCUT2D eigenvalue weighted by atomic mass is 16.7. The van der Waals surface area contributed by atoms with E-state index in [2.05, 4.69) is 21.4 Å². The Morgan fingerprint density at radius 3 is 2.61 bits per heavy atom. The monoisotopic (exact) mass is 782 g/mol. The summed E-state index contributed by atoms with van der Waals surface area (Å²) in [6.45, 7) is 0.335. The second kappa shape index (κ2) is 15.6. The fourth-order valence-corrected chi connectivity index (χ4v) is 9.48. The molecule has 0 unspecified atom stereocenters. The van der Waals surface area contributed by atoms with Crippen LogP contribution in [0.15, 0.2) is 70.7 Å². The molecule has 4 aliphatic heterocycles. The summed E-state index contributed by atoms with van der Waals surface area (Å²) in [5.74, 6) is -3.16. The number of aliphatic carboxylic acids is 1. The molecule has 1 amide bonds. The average molecular weight is 783 g/mol. The molecule has 0 bridgehead atoms. The number of ether oxygens (including phenoxy) is 2. The van der Waals surface area contributed by atoms with Crippen LogP contribution in [0, 0.1) is 5.92 Å². The summed E-state index contributed by atoms with van der Waals surface area (Å²) in [6, 6.07) is 14.2. The third-order valence-electron chi connectivity index (χ3n) is 12.3. The largest absolute Gasteiger partial charge is 0.508 e. The van der Waals surface area contributed by atoms with Crippen LogP contribution in [0.2, 0.25) is 0 Å². The number of phenolic OH excluding ortho intramolecular Hbond substituents is 2. The number of anilines is 2. The molecule has 8 rings (SSSR count). The second-order valence-corrected chi connectivity index (χ2v) is 15.5. The van der Waals surface area contributed by atoms with Gasteiger partial charge in [-0.3, -0.25) is 19.7 Å². The van der Waals surface area contributed by atoms with Gasteiger partial charge in [0.2, 0.25) is 6.29 Å². The maximum atomic E-state index is 14.5. The number of amides is 1. The molecule has 15 nitrogen and oxygen atoms in total. The van der Waals surface area contributed by atoms with Gasteiger partial charge in [0.25, 0.3) is 5.91 Å². The van der Waals surface area contributed by atoms with Gasteiger partial charge < -0.3 is 50.5 Å².